The highest BCUT2D eigenvalue weighted by Crippen LogP contribution is 2.43. The van der Waals surface area contributed by atoms with Gasteiger partial charge in [-0.05, 0) is 70.6 Å². The molecule has 278 valence electrons. The molecule has 0 spiro atoms. The maximum atomic E-state index is 12.3. The van der Waals surface area contributed by atoms with Gasteiger partial charge in [0.05, 0.1) is 26.4 Å². The molecule has 49 heavy (non-hydrogen) atoms. The average Bonchev–Trinajstić information content (AvgIpc) is 3.09. The standard InChI is InChI=1S/C38H61O10P/c1-3-5-7-9-11-13-15-17-19-21-23-25-27-29-37(41)47-35(31-39)33-45-49(43,44)46-34-36(32-40)48-38(42)30-28-26-24-22-20-18-16-14-12-10-8-6-4-2/h5-8,11-14,17-20,23,25,35-36,39-40H,3-4,9-10,15-16,21-22,24,26-34H2,1-2H3,(H,43,44)/b7-5-,8-6-,13-11-,14-12-,19-17-,20-18-,25-23-. The molecular weight excluding hydrogens is 647 g/mol. The van der Waals surface area contributed by atoms with E-state index in [0.29, 0.717) is 12.8 Å². The van der Waals surface area contributed by atoms with E-state index in [4.69, 9.17) is 18.5 Å². The number of allylic oxidation sites excluding steroid dienone is 14. The van der Waals surface area contributed by atoms with Gasteiger partial charge in [-0.1, -0.05) is 105 Å². The highest BCUT2D eigenvalue weighted by atomic mass is 31.2. The van der Waals surface area contributed by atoms with Crippen LogP contribution in [-0.2, 0) is 32.7 Å². The Bertz CT molecular complexity index is 1090. The van der Waals surface area contributed by atoms with Crippen LogP contribution < -0.4 is 0 Å². The van der Waals surface area contributed by atoms with E-state index in [0.717, 1.165) is 64.2 Å². The number of rotatable bonds is 31. The molecule has 10 nitrogen and oxygen atoms in total. The molecule has 3 atom stereocenters. The SMILES string of the molecule is CC/C=C\C/C=C\C/C=C\C/C=C\CCC(=O)OC(CO)COP(=O)(O)OCC(CO)OC(=O)CCCCC/C=C\C/C=C\C/C=C\CC. The van der Waals surface area contributed by atoms with Crippen molar-refractivity contribution in [3.8, 4) is 0 Å². The molecule has 0 aromatic carbocycles. The number of esters is 2. The third kappa shape index (κ3) is 32.1. The van der Waals surface area contributed by atoms with Crippen molar-refractivity contribution in [3.05, 3.63) is 85.1 Å². The topological polar surface area (TPSA) is 149 Å². The first-order valence-electron chi connectivity index (χ1n) is 17.5. The molecule has 0 aliphatic heterocycles. The summed E-state index contributed by atoms with van der Waals surface area (Å²) in [6.07, 6.45) is 37.3. The zero-order valence-corrected chi connectivity index (χ0v) is 30.5. The molecule has 3 N–H and O–H groups in total. The molecule has 0 saturated heterocycles. The number of aliphatic hydroxyl groups is 2. The predicted molar refractivity (Wildman–Crippen MR) is 196 cm³/mol. The van der Waals surface area contributed by atoms with Gasteiger partial charge >= 0.3 is 19.8 Å². The fourth-order valence-electron chi connectivity index (χ4n) is 3.96. The highest BCUT2D eigenvalue weighted by Gasteiger charge is 2.27. The summed E-state index contributed by atoms with van der Waals surface area (Å²) in [5.41, 5.74) is 0. The average molecular weight is 709 g/mol. The fraction of sp³-hybridized carbons (Fsp3) is 0.579. The Labute approximate surface area is 294 Å². The zero-order chi connectivity index (χ0) is 36.3. The van der Waals surface area contributed by atoms with Crippen molar-refractivity contribution in [1.29, 1.82) is 0 Å². The van der Waals surface area contributed by atoms with Crippen molar-refractivity contribution in [1.82, 2.24) is 0 Å². The van der Waals surface area contributed by atoms with Gasteiger partial charge in [0, 0.05) is 12.8 Å². The maximum absolute atomic E-state index is 12.3. The molecule has 3 unspecified atom stereocenters. The third-order valence-corrected chi connectivity index (χ3v) is 7.57. The lowest BCUT2D eigenvalue weighted by Gasteiger charge is -2.20. The molecule has 11 heteroatoms. The number of aliphatic hydroxyl groups excluding tert-OH is 2. The number of unbranched alkanes of at least 4 members (excludes halogenated alkanes) is 3. The molecule has 0 aromatic heterocycles. The zero-order valence-electron chi connectivity index (χ0n) is 29.6. The Morgan fingerprint density at radius 2 is 0.939 bits per heavy atom. The van der Waals surface area contributed by atoms with Crippen LogP contribution in [-0.4, -0.2) is 65.7 Å². The van der Waals surface area contributed by atoms with E-state index in [2.05, 4.69) is 80.7 Å². The first-order chi connectivity index (χ1) is 23.8. The van der Waals surface area contributed by atoms with Crippen LogP contribution in [0.25, 0.3) is 0 Å². The Morgan fingerprint density at radius 1 is 0.551 bits per heavy atom. The second-order valence-electron chi connectivity index (χ2n) is 11.1. The van der Waals surface area contributed by atoms with Crippen molar-refractivity contribution < 1.29 is 47.8 Å². The molecule has 0 bridgehead atoms. The number of hydrogen-bond donors (Lipinski definition) is 3. The van der Waals surface area contributed by atoms with E-state index in [1.54, 1.807) is 0 Å². The quantitative estimate of drug-likeness (QED) is 0.0278. The van der Waals surface area contributed by atoms with Crippen molar-refractivity contribution in [2.24, 2.45) is 0 Å². The van der Waals surface area contributed by atoms with Crippen molar-refractivity contribution in [2.45, 2.75) is 116 Å². The van der Waals surface area contributed by atoms with Gasteiger partial charge in [-0.3, -0.25) is 18.6 Å². The lowest BCUT2D eigenvalue weighted by atomic mass is 10.1. The van der Waals surface area contributed by atoms with E-state index in [1.807, 2.05) is 18.2 Å². The van der Waals surface area contributed by atoms with Crippen molar-refractivity contribution >= 4 is 19.8 Å². The van der Waals surface area contributed by atoms with Crippen LogP contribution in [0.15, 0.2) is 85.1 Å². The number of carbonyl (C=O) groups excluding carboxylic acids is 2. The Balaban J connectivity index is 4.17. The second kappa shape index (κ2) is 33.6. The summed E-state index contributed by atoms with van der Waals surface area (Å²) in [5.74, 6) is -1.15. The maximum Gasteiger partial charge on any atom is 0.472 e. The van der Waals surface area contributed by atoms with Gasteiger partial charge in [0.1, 0.15) is 12.2 Å². The molecule has 0 saturated carbocycles. The van der Waals surface area contributed by atoms with Crippen LogP contribution in [0, 0.1) is 0 Å². The summed E-state index contributed by atoms with van der Waals surface area (Å²) in [6, 6.07) is 0. The van der Waals surface area contributed by atoms with Crippen LogP contribution in [0.2, 0.25) is 0 Å². The first kappa shape index (κ1) is 46.1. The molecule has 0 amide bonds. The predicted octanol–water partition coefficient (Wildman–Crippen LogP) is 8.32. The van der Waals surface area contributed by atoms with Crippen LogP contribution in [0.3, 0.4) is 0 Å². The molecule has 0 aliphatic rings. The number of carbonyl (C=O) groups is 2. The molecule has 0 heterocycles. The minimum absolute atomic E-state index is 0.0635. The number of phosphoric ester groups is 1. The summed E-state index contributed by atoms with van der Waals surface area (Å²) < 4.78 is 32.2. The third-order valence-electron chi connectivity index (χ3n) is 6.62. The number of phosphoric acid groups is 1. The van der Waals surface area contributed by atoms with E-state index in [9.17, 15) is 29.3 Å². The largest absolute Gasteiger partial charge is 0.472 e. The molecule has 0 aromatic rings. The van der Waals surface area contributed by atoms with Gasteiger partial charge < -0.3 is 24.6 Å². The fourth-order valence-corrected chi connectivity index (χ4v) is 4.75. The number of hydrogen-bond acceptors (Lipinski definition) is 9. The summed E-state index contributed by atoms with van der Waals surface area (Å²) in [7, 11) is -4.66. The minimum atomic E-state index is -4.66. The van der Waals surface area contributed by atoms with Gasteiger partial charge in [-0.2, -0.15) is 0 Å². The normalized spacial score (nSPS) is 15.1. The minimum Gasteiger partial charge on any atom is -0.457 e. The van der Waals surface area contributed by atoms with Crippen LogP contribution >= 0.6 is 7.82 Å². The summed E-state index contributed by atoms with van der Waals surface area (Å²) in [6.45, 7) is 1.80. The van der Waals surface area contributed by atoms with Gasteiger partial charge in [-0.15, -0.1) is 0 Å². The Kier molecular flexibility index (Phi) is 31.7. The van der Waals surface area contributed by atoms with Gasteiger partial charge in [-0.25, -0.2) is 4.57 Å². The Morgan fingerprint density at radius 3 is 1.37 bits per heavy atom. The summed E-state index contributed by atoms with van der Waals surface area (Å²) in [4.78, 5) is 34.2. The molecule has 0 fully saturated rings. The smallest absolute Gasteiger partial charge is 0.457 e. The van der Waals surface area contributed by atoms with Crippen LogP contribution in [0.1, 0.15) is 104 Å². The van der Waals surface area contributed by atoms with E-state index >= 15 is 0 Å². The van der Waals surface area contributed by atoms with Crippen molar-refractivity contribution in [2.75, 3.05) is 26.4 Å². The van der Waals surface area contributed by atoms with Gasteiger partial charge in [0.2, 0.25) is 0 Å². The highest BCUT2D eigenvalue weighted by molar-refractivity contribution is 7.47. The van der Waals surface area contributed by atoms with E-state index in [1.165, 1.54) is 0 Å². The lowest BCUT2D eigenvalue weighted by molar-refractivity contribution is -0.153. The van der Waals surface area contributed by atoms with E-state index in [-0.39, 0.29) is 12.8 Å². The lowest BCUT2D eigenvalue weighted by Crippen LogP contribution is -2.28. The summed E-state index contributed by atoms with van der Waals surface area (Å²) >= 11 is 0. The van der Waals surface area contributed by atoms with Crippen LogP contribution in [0.4, 0.5) is 0 Å². The second-order valence-corrected chi connectivity index (χ2v) is 12.5. The Hall–Kier alpha value is -2.85. The first-order valence-corrected chi connectivity index (χ1v) is 19.0. The molecule has 0 rings (SSSR count). The summed E-state index contributed by atoms with van der Waals surface area (Å²) in [5, 5.41) is 19.0. The van der Waals surface area contributed by atoms with E-state index < -0.39 is 58.4 Å². The number of ether oxygens (including phenoxy) is 2. The van der Waals surface area contributed by atoms with Crippen LogP contribution in [0.5, 0.6) is 0 Å². The molecule has 0 radical (unpaired) electrons. The van der Waals surface area contributed by atoms with Crippen molar-refractivity contribution in [3.63, 3.8) is 0 Å². The van der Waals surface area contributed by atoms with Gasteiger partial charge in [0.25, 0.3) is 0 Å². The molecular formula is C38H61O10P. The molecule has 0 aliphatic carbocycles. The van der Waals surface area contributed by atoms with Gasteiger partial charge in [0.15, 0.2) is 0 Å². The monoisotopic (exact) mass is 708 g/mol.